The van der Waals surface area contributed by atoms with Gasteiger partial charge in [-0.1, -0.05) is 6.07 Å². The Hall–Kier alpha value is -2.42. The third-order valence-corrected chi connectivity index (χ3v) is 4.69. The van der Waals surface area contributed by atoms with Crippen LogP contribution < -0.4 is 5.32 Å². The second kappa shape index (κ2) is 8.98. The molecule has 2 heterocycles. The minimum Gasteiger partial charge on any atom is -0.455 e. The maximum Gasteiger partial charge on any atom is 0.410 e. The Bertz CT molecular complexity index is 687. The predicted octanol–water partition coefficient (Wildman–Crippen LogP) is 2.19. The van der Waals surface area contributed by atoms with Crippen molar-refractivity contribution in [2.75, 3.05) is 19.7 Å². The number of amides is 3. The van der Waals surface area contributed by atoms with Crippen LogP contribution in [0.2, 0.25) is 0 Å². The minimum absolute atomic E-state index is 0.385. The molecule has 1 fully saturated rings. The average Bonchev–Trinajstić information content (AvgIpc) is 3.13. The van der Waals surface area contributed by atoms with E-state index in [9.17, 15) is 19.2 Å². The van der Waals surface area contributed by atoms with Crippen LogP contribution in [-0.2, 0) is 19.1 Å². The van der Waals surface area contributed by atoms with Crippen LogP contribution in [0.25, 0.3) is 0 Å². The van der Waals surface area contributed by atoms with E-state index in [1.54, 1.807) is 43.2 Å². The lowest BCUT2D eigenvalue weighted by Gasteiger charge is -2.32. The van der Waals surface area contributed by atoms with Crippen molar-refractivity contribution in [1.29, 1.82) is 0 Å². The zero-order chi connectivity index (χ0) is 20.0. The van der Waals surface area contributed by atoms with Crippen LogP contribution >= 0.6 is 11.3 Å². The molecule has 1 aliphatic heterocycles. The number of rotatable bonds is 4. The molecule has 0 spiro atoms. The number of likely N-dealkylation sites (tertiary alicyclic amines) is 1. The summed E-state index contributed by atoms with van der Waals surface area (Å²) in [5.41, 5.74) is -0.569. The van der Waals surface area contributed by atoms with E-state index in [0.717, 1.165) is 0 Å². The van der Waals surface area contributed by atoms with Crippen LogP contribution in [0.5, 0.6) is 0 Å². The van der Waals surface area contributed by atoms with Crippen LogP contribution in [0, 0.1) is 5.92 Å². The van der Waals surface area contributed by atoms with E-state index in [4.69, 9.17) is 9.47 Å². The van der Waals surface area contributed by atoms with E-state index in [-0.39, 0.29) is 5.92 Å². The fraction of sp³-hybridized carbons (Fsp3) is 0.556. The SMILES string of the molecule is CC(C)(C)OC(=O)N1CCC(C(=O)OCC(=O)NC(=O)c2cccs2)CC1. The fourth-order valence-corrected chi connectivity index (χ4v) is 3.13. The number of esters is 1. The molecule has 148 valence electrons. The molecule has 0 bridgehead atoms. The maximum atomic E-state index is 12.1. The molecule has 0 saturated carbocycles. The first-order chi connectivity index (χ1) is 12.7. The molecule has 8 nitrogen and oxygen atoms in total. The Kier molecular flexibility index (Phi) is 6.95. The van der Waals surface area contributed by atoms with Gasteiger partial charge in [-0.3, -0.25) is 19.7 Å². The monoisotopic (exact) mass is 396 g/mol. The molecule has 9 heteroatoms. The number of piperidine rings is 1. The molecule has 1 N–H and O–H groups in total. The zero-order valence-electron chi connectivity index (χ0n) is 15.6. The summed E-state index contributed by atoms with van der Waals surface area (Å²) < 4.78 is 10.3. The molecule has 0 radical (unpaired) electrons. The van der Waals surface area contributed by atoms with Crippen molar-refractivity contribution in [2.45, 2.75) is 39.2 Å². The van der Waals surface area contributed by atoms with Gasteiger partial charge in [0.25, 0.3) is 11.8 Å². The number of nitrogens with zero attached hydrogens (tertiary/aromatic N) is 1. The normalized spacial score (nSPS) is 15.1. The number of hydrogen-bond acceptors (Lipinski definition) is 7. The quantitative estimate of drug-likeness (QED) is 0.783. The van der Waals surface area contributed by atoms with Crippen LogP contribution in [0.4, 0.5) is 4.79 Å². The third kappa shape index (κ3) is 6.67. The van der Waals surface area contributed by atoms with Gasteiger partial charge in [0.2, 0.25) is 0 Å². The van der Waals surface area contributed by atoms with E-state index < -0.39 is 36.1 Å². The van der Waals surface area contributed by atoms with Crippen molar-refractivity contribution < 1.29 is 28.7 Å². The summed E-state index contributed by atoms with van der Waals surface area (Å²) in [5, 5.41) is 3.90. The molecule has 0 unspecified atom stereocenters. The van der Waals surface area contributed by atoms with Gasteiger partial charge >= 0.3 is 12.1 Å². The van der Waals surface area contributed by atoms with E-state index in [2.05, 4.69) is 5.32 Å². The summed E-state index contributed by atoms with van der Waals surface area (Å²) in [6.07, 6.45) is 0.475. The van der Waals surface area contributed by atoms with Gasteiger partial charge in [-0.15, -0.1) is 11.3 Å². The Balaban J connectivity index is 1.70. The van der Waals surface area contributed by atoms with E-state index >= 15 is 0 Å². The lowest BCUT2D eigenvalue weighted by molar-refractivity contribution is -0.153. The van der Waals surface area contributed by atoms with E-state index in [1.807, 2.05) is 0 Å². The first-order valence-corrected chi connectivity index (χ1v) is 9.56. The van der Waals surface area contributed by atoms with Crippen molar-refractivity contribution in [2.24, 2.45) is 5.92 Å². The van der Waals surface area contributed by atoms with E-state index in [0.29, 0.717) is 30.8 Å². The molecule has 1 aliphatic rings. The summed E-state index contributed by atoms with van der Waals surface area (Å²) in [4.78, 5) is 49.6. The van der Waals surface area contributed by atoms with Gasteiger partial charge in [-0.25, -0.2) is 4.79 Å². The third-order valence-electron chi connectivity index (χ3n) is 3.82. The minimum atomic E-state index is -0.673. The number of thiophene rings is 1. The first kappa shape index (κ1) is 20.9. The molecule has 0 atom stereocenters. The number of carbonyl (C=O) groups is 4. The van der Waals surface area contributed by atoms with Gasteiger partial charge in [0.05, 0.1) is 10.8 Å². The summed E-state index contributed by atoms with van der Waals surface area (Å²) in [7, 11) is 0. The molecule has 1 aromatic rings. The highest BCUT2D eigenvalue weighted by Crippen LogP contribution is 2.20. The Morgan fingerprint density at radius 1 is 1.22 bits per heavy atom. The molecular weight excluding hydrogens is 372 g/mol. The Morgan fingerprint density at radius 3 is 2.44 bits per heavy atom. The van der Waals surface area contributed by atoms with Crippen LogP contribution in [0.15, 0.2) is 17.5 Å². The molecule has 27 heavy (non-hydrogen) atoms. The van der Waals surface area contributed by atoms with Crippen LogP contribution in [0.1, 0.15) is 43.3 Å². The van der Waals surface area contributed by atoms with Gasteiger partial charge in [0.1, 0.15) is 5.60 Å². The van der Waals surface area contributed by atoms with Crippen molar-refractivity contribution in [3.05, 3.63) is 22.4 Å². The van der Waals surface area contributed by atoms with Gasteiger partial charge in [-0.2, -0.15) is 0 Å². The smallest absolute Gasteiger partial charge is 0.410 e. The number of ether oxygens (including phenoxy) is 2. The van der Waals surface area contributed by atoms with Gasteiger partial charge < -0.3 is 14.4 Å². The standard InChI is InChI=1S/C18H24N2O6S/c1-18(2,3)26-17(24)20-8-6-12(7-9-20)16(23)25-11-14(21)19-15(22)13-5-4-10-27-13/h4-5,10,12H,6-9,11H2,1-3H3,(H,19,21,22). The first-order valence-electron chi connectivity index (χ1n) is 8.68. The number of nitrogens with one attached hydrogen (secondary N) is 1. The molecule has 1 aromatic heterocycles. The molecule has 1 saturated heterocycles. The largest absolute Gasteiger partial charge is 0.455 e. The number of carbonyl (C=O) groups excluding carboxylic acids is 4. The van der Waals surface area contributed by atoms with Gasteiger partial charge in [0.15, 0.2) is 6.61 Å². The van der Waals surface area contributed by atoms with Crippen molar-refractivity contribution in [3.63, 3.8) is 0 Å². The molecule has 0 aromatic carbocycles. The summed E-state index contributed by atoms with van der Waals surface area (Å²) >= 11 is 1.21. The predicted molar refractivity (Wildman–Crippen MR) is 98.3 cm³/mol. The van der Waals surface area contributed by atoms with E-state index in [1.165, 1.54) is 11.3 Å². The molecule has 3 amide bonds. The highest BCUT2D eigenvalue weighted by atomic mass is 32.1. The second-order valence-corrected chi connectivity index (χ2v) is 8.15. The molecule has 2 rings (SSSR count). The van der Waals surface area contributed by atoms with Crippen LogP contribution in [-0.4, -0.2) is 54.1 Å². The van der Waals surface area contributed by atoms with Crippen LogP contribution in [0.3, 0.4) is 0 Å². The van der Waals surface area contributed by atoms with Gasteiger partial charge in [-0.05, 0) is 45.1 Å². The fourth-order valence-electron chi connectivity index (χ4n) is 2.51. The Labute approximate surface area is 161 Å². The number of hydrogen-bond donors (Lipinski definition) is 1. The molecular formula is C18H24N2O6S. The average molecular weight is 396 g/mol. The highest BCUT2D eigenvalue weighted by molar-refractivity contribution is 7.12. The zero-order valence-corrected chi connectivity index (χ0v) is 16.5. The second-order valence-electron chi connectivity index (χ2n) is 7.20. The van der Waals surface area contributed by atoms with Crippen molar-refractivity contribution >= 4 is 35.2 Å². The summed E-state index contributed by atoms with van der Waals surface area (Å²) in [6, 6.07) is 3.30. The lowest BCUT2D eigenvalue weighted by atomic mass is 9.97. The number of imide groups is 1. The van der Waals surface area contributed by atoms with Crippen molar-refractivity contribution in [1.82, 2.24) is 10.2 Å². The van der Waals surface area contributed by atoms with Gasteiger partial charge in [0, 0.05) is 13.1 Å². The summed E-state index contributed by atoms with van der Waals surface area (Å²) in [5.74, 6) is -2.08. The summed E-state index contributed by atoms with van der Waals surface area (Å²) in [6.45, 7) is 5.65. The topological polar surface area (TPSA) is 102 Å². The highest BCUT2D eigenvalue weighted by Gasteiger charge is 2.31. The lowest BCUT2D eigenvalue weighted by Crippen LogP contribution is -2.43. The maximum absolute atomic E-state index is 12.1. The Morgan fingerprint density at radius 2 is 1.89 bits per heavy atom. The molecule has 0 aliphatic carbocycles. The van der Waals surface area contributed by atoms with Crippen molar-refractivity contribution in [3.8, 4) is 0 Å².